The van der Waals surface area contributed by atoms with Crippen LogP contribution >= 0.6 is 0 Å². The first-order valence-corrected chi connectivity index (χ1v) is 11.6. The molecule has 0 atom stereocenters. The van der Waals surface area contributed by atoms with Crippen molar-refractivity contribution in [1.82, 2.24) is 30.2 Å². The molecule has 0 bridgehead atoms. The van der Waals surface area contributed by atoms with E-state index >= 15 is 4.39 Å². The van der Waals surface area contributed by atoms with E-state index in [4.69, 9.17) is 10.00 Å². The van der Waals surface area contributed by atoms with E-state index < -0.39 is 33.0 Å². The summed E-state index contributed by atoms with van der Waals surface area (Å²) in [5, 5.41) is 24.0. The highest BCUT2D eigenvalue weighted by atomic mass is 32.2. The maximum Gasteiger partial charge on any atom is 0.262 e. The maximum absolute atomic E-state index is 15.3. The van der Waals surface area contributed by atoms with Gasteiger partial charge in [0.2, 0.25) is 5.88 Å². The molecule has 0 aliphatic rings. The lowest BCUT2D eigenvalue weighted by molar-refractivity contribution is 0.401. The normalized spacial score (nSPS) is 11.4. The van der Waals surface area contributed by atoms with E-state index in [1.54, 1.807) is 6.07 Å². The molecule has 0 saturated carbocycles. The molecule has 0 spiro atoms. The molecule has 0 radical (unpaired) electrons. The summed E-state index contributed by atoms with van der Waals surface area (Å²) in [6.45, 7) is 0. The number of nitrogens with zero attached hydrogens (tertiary/aromatic N) is 6. The van der Waals surface area contributed by atoms with Crippen LogP contribution in [0.1, 0.15) is 5.56 Å². The van der Waals surface area contributed by atoms with Crippen molar-refractivity contribution in [1.29, 1.82) is 5.26 Å². The second-order valence-electron chi connectivity index (χ2n) is 7.40. The van der Waals surface area contributed by atoms with E-state index in [9.17, 15) is 12.8 Å². The lowest BCUT2D eigenvalue weighted by Crippen LogP contribution is -2.15. The van der Waals surface area contributed by atoms with Crippen molar-refractivity contribution in [3.05, 3.63) is 72.1 Å². The van der Waals surface area contributed by atoms with Gasteiger partial charge in [0.1, 0.15) is 11.4 Å². The zero-order valence-corrected chi connectivity index (χ0v) is 19.1. The van der Waals surface area contributed by atoms with Crippen molar-refractivity contribution in [2.24, 2.45) is 0 Å². The minimum absolute atomic E-state index is 0.106. The summed E-state index contributed by atoms with van der Waals surface area (Å²) in [6, 6.07) is 10.5. The van der Waals surface area contributed by atoms with Crippen molar-refractivity contribution in [2.45, 2.75) is 4.90 Å². The molecule has 0 aliphatic heterocycles. The Labute approximate surface area is 202 Å². The number of benzene rings is 2. The fourth-order valence-electron chi connectivity index (χ4n) is 3.45. The molecule has 11 nitrogen and oxygen atoms in total. The van der Waals surface area contributed by atoms with Crippen LogP contribution in [0.4, 0.5) is 14.5 Å². The van der Waals surface area contributed by atoms with Gasteiger partial charge in [-0.3, -0.25) is 9.82 Å². The molecular weight excluding hydrogens is 494 g/mol. The van der Waals surface area contributed by atoms with Crippen LogP contribution in [-0.2, 0) is 10.0 Å². The second-order valence-corrected chi connectivity index (χ2v) is 9.09. The average molecular weight is 508 g/mol. The average Bonchev–Trinajstić information content (AvgIpc) is 3.53. The molecule has 0 saturated heterocycles. The number of anilines is 1. The highest BCUT2D eigenvalue weighted by Crippen LogP contribution is 2.29. The Hall–Kier alpha value is -4.90. The van der Waals surface area contributed by atoms with Gasteiger partial charge in [-0.25, -0.2) is 26.9 Å². The van der Waals surface area contributed by atoms with Crippen LogP contribution in [0.2, 0.25) is 0 Å². The highest BCUT2D eigenvalue weighted by Gasteiger charge is 2.22. The first-order chi connectivity index (χ1) is 17.3. The van der Waals surface area contributed by atoms with Crippen LogP contribution in [-0.4, -0.2) is 45.7 Å². The summed E-state index contributed by atoms with van der Waals surface area (Å²) in [6.07, 6.45) is 2.74. The molecule has 0 fully saturated rings. The monoisotopic (exact) mass is 508 g/mol. The fraction of sp³-hybridized carbons (Fsp3) is 0.0455. The van der Waals surface area contributed by atoms with Gasteiger partial charge < -0.3 is 4.74 Å². The van der Waals surface area contributed by atoms with E-state index in [1.165, 1.54) is 37.7 Å². The minimum atomic E-state index is -4.28. The zero-order chi connectivity index (χ0) is 25.4. The SMILES string of the molecule is COc1n[nH]c2ncc(-c3cn(-c4c(F)ccc(NS(=O)(=O)c5cccc(C#N)c5)c4F)nn3)cc12. The summed E-state index contributed by atoms with van der Waals surface area (Å²) in [5.74, 6) is -1.90. The van der Waals surface area contributed by atoms with Crippen molar-refractivity contribution in [2.75, 3.05) is 11.8 Å². The minimum Gasteiger partial charge on any atom is -0.479 e. The number of nitrogens with one attached hydrogen (secondary N) is 2. The van der Waals surface area contributed by atoms with Gasteiger partial charge in [-0.15, -0.1) is 10.2 Å². The Bertz CT molecular complexity index is 1780. The van der Waals surface area contributed by atoms with Crippen molar-refractivity contribution in [3.63, 3.8) is 0 Å². The number of sulfonamides is 1. The Morgan fingerprint density at radius 1 is 1.19 bits per heavy atom. The first-order valence-electron chi connectivity index (χ1n) is 10.1. The molecule has 36 heavy (non-hydrogen) atoms. The number of fused-ring (bicyclic) bond motifs is 1. The number of hydrogen-bond donors (Lipinski definition) is 2. The second kappa shape index (κ2) is 8.71. The number of pyridine rings is 1. The van der Waals surface area contributed by atoms with Gasteiger partial charge in [0.05, 0.1) is 40.9 Å². The van der Waals surface area contributed by atoms with E-state index in [-0.39, 0.29) is 16.2 Å². The molecule has 0 aliphatic carbocycles. The quantitative estimate of drug-likeness (QED) is 0.355. The molecule has 5 aromatic rings. The number of nitriles is 1. The molecule has 180 valence electrons. The van der Waals surface area contributed by atoms with Gasteiger partial charge >= 0.3 is 0 Å². The lowest BCUT2D eigenvalue weighted by Gasteiger charge is -2.12. The third-order valence-corrected chi connectivity index (χ3v) is 6.54. The summed E-state index contributed by atoms with van der Waals surface area (Å²) >= 11 is 0. The molecule has 0 amide bonds. The molecule has 3 heterocycles. The standard InChI is InChI=1S/C22H14F2N8O3S/c1-35-22-15-8-13(10-26-21(15)28-29-22)18-11-32(31-27-18)20-16(23)5-6-17(19(20)24)30-36(33,34)14-4-2-3-12(7-14)9-25/h2-8,10-11,30H,1H3,(H,26,28,29). The largest absolute Gasteiger partial charge is 0.479 e. The Balaban J connectivity index is 1.51. The third-order valence-electron chi connectivity index (χ3n) is 5.18. The first kappa shape index (κ1) is 22.9. The maximum atomic E-state index is 15.3. The highest BCUT2D eigenvalue weighted by molar-refractivity contribution is 7.92. The number of H-pyrrole nitrogens is 1. The molecule has 2 aromatic carbocycles. The molecule has 14 heteroatoms. The summed E-state index contributed by atoms with van der Waals surface area (Å²) in [7, 11) is -2.83. The van der Waals surface area contributed by atoms with Crippen molar-refractivity contribution in [3.8, 4) is 28.9 Å². The summed E-state index contributed by atoms with van der Waals surface area (Å²) < 4.78 is 63.6. The van der Waals surface area contributed by atoms with Crippen LogP contribution in [0.5, 0.6) is 5.88 Å². The predicted molar refractivity (Wildman–Crippen MR) is 123 cm³/mol. The molecule has 5 rings (SSSR count). The van der Waals surface area contributed by atoms with Crippen molar-refractivity contribution < 1.29 is 21.9 Å². The Kier molecular flexibility index (Phi) is 5.53. The predicted octanol–water partition coefficient (Wildman–Crippen LogP) is 3.16. The number of halogens is 2. The summed E-state index contributed by atoms with van der Waals surface area (Å²) in [4.78, 5) is 3.96. The van der Waals surface area contributed by atoms with Gasteiger partial charge in [-0.2, -0.15) is 5.26 Å². The lowest BCUT2D eigenvalue weighted by atomic mass is 10.2. The van der Waals surface area contributed by atoms with Crippen LogP contribution in [0.25, 0.3) is 28.0 Å². The van der Waals surface area contributed by atoms with Gasteiger partial charge in [-0.1, -0.05) is 11.3 Å². The van der Waals surface area contributed by atoms with Crippen molar-refractivity contribution >= 4 is 26.7 Å². The Morgan fingerprint density at radius 2 is 2.03 bits per heavy atom. The number of methoxy groups -OCH3 is 1. The van der Waals surface area contributed by atoms with Gasteiger partial charge in [-0.05, 0) is 36.4 Å². The van der Waals surface area contributed by atoms with Crippen LogP contribution in [0.3, 0.4) is 0 Å². The van der Waals surface area contributed by atoms with Gasteiger partial charge in [0.25, 0.3) is 10.0 Å². The number of aromatic amines is 1. The van der Waals surface area contributed by atoms with Gasteiger partial charge in [0, 0.05) is 11.8 Å². The smallest absolute Gasteiger partial charge is 0.262 e. The number of ether oxygens (including phenoxy) is 1. The molecule has 3 aromatic heterocycles. The third kappa shape index (κ3) is 3.97. The number of aromatic nitrogens is 6. The fourth-order valence-corrected chi connectivity index (χ4v) is 4.55. The van der Waals surface area contributed by atoms with Crippen LogP contribution < -0.4 is 9.46 Å². The molecule has 2 N–H and O–H groups in total. The molecule has 0 unspecified atom stereocenters. The molecular formula is C22H14F2N8O3S. The van der Waals surface area contributed by atoms with E-state index in [1.807, 2.05) is 6.07 Å². The number of hydrogen-bond acceptors (Lipinski definition) is 8. The summed E-state index contributed by atoms with van der Waals surface area (Å²) in [5.41, 5.74) is 0.135. The topological polar surface area (TPSA) is 151 Å². The zero-order valence-electron chi connectivity index (χ0n) is 18.3. The number of rotatable bonds is 6. The van der Waals surface area contributed by atoms with Gasteiger partial charge in [0.15, 0.2) is 17.3 Å². The van der Waals surface area contributed by atoms with E-state index in [2.05, 4.69) is 30.2 Å². The van der Waals surface area contributed by atoms with Crippen LogP contribution in [0, 0.1) is 23.0 Å². The van der Waals surface area contributed by atoms with E-state index in [0.717, 1.165) is 22.9 Å². The van der Waals surface area contributed by atoms with Crippen LogP contribution in [0.15, 0.2) is 59.8 Å². The van der Waals surface area contributed by atoms with E-state index in [0.29, 0.717) is 22.5 Å². The Morgan fingerprint density at radius 3 is 2.81 bits per heavy atom.